The van der Waals surface area contributed by atoms with Gasteiger partial charge in [0.15, 0.2) is 5.03 Å². The largest absolute Gasteiger partial charge is 0.417 e. The molecule has 0 fully saturated rings. The molecule has 0 aliphatic rings. The van der Waals surface area contributed by atoms with Crippen LogP contribution in [0.5, 0.6) is 0 Å². The highest BCUT2D eigenvalue weighted by Crippen LogP contribution is 2.39. The van der Waals surface area contributed by atoms with E-state index in [1.54, 1.807) is 0 Å². The Morgan fingerprint density at radius 3 is 2.03 bits per heavy atom. The van der Waals surface area contributed by atoms with Crippen LogP contribution in [0, 0.1) is 0 Å². The SMILES string of the molecule is O=c1ccc(S(=O)(=O)c2ccc(-c3cccc(C(F)(F)F)c3)cc2C(F)(F)F)n[nH]1. The van der Waals surface area contributed by atoms with Crippen molar-refractivity contribution in [3.05, 3.63) is 76.1 Å². The van der Waals surface area contributed by atoms with E-state index in [1.165, 1.54) is 6.07 Å². The van der Waals surface area contributed by atoms with Crippen LogP contribution in [0.4, 0.5) is 26.3 Å². The lowest BCUT2D eigenvalue weighted by Gasteiger charge is -2.15. The summed E-state index contributed by atoms with van der Waals surface area (Å²) in [6.07, 6.45) is -9.84. The number of aromatic nitrogens is 2. The van der Waals surface area contributed by atoms with E-state index in [-0.39, 0.29) is 11.1 Å². The minimum absolute atomic E-state index is 0.179. The summed E-state index contributed by atoms with van der Waals surface area (Å²) in [5.41, 5.74) is -3.85. The third-order valence-electron chi connectivity index (χ3n) is 4.03. The van der Waals surface area contributed by atoms with Gasteiger partial charge < -0.3 is 0 Å². The molecule has 0 spiro atoms. The van der Waals surface area contributed by atoms with Gasteiger partial charge in [-0.1, -0.05) is 18.2 Å². The molecule has 1 aromatic heterocycles. The Kier molecular flexibility index (Phi) is 5.23. The first-order chi connectivity index (χ1) is 13.8. The van der Waals surface area contributed by atoms with Gasteiger partial charge in [-0.3, -0.25) is 4.79 Å². The standard InChI is InChI=1S/C18H10F6N2O3S/c19-17(20,21)12-3-1-2-10(8-12)11-4-5-14(13(9-11)18(22,23)24)30(28,29)16-7-6-15(27)25-26-16/h1-9H,(H,25,27). The Balaban J connectivity index is 2.19. The molecule has 1 N–H and O–H groups in total. The zero-order chi connectivity index (χ0) is 22.3. The van der Waals surface area contributed by atoms with E-state index in [9.17, 15) is 39.6 Å². The molecule has 0 saturated carbocycles. The second kappa shape index (κ2) is 7.27. The molecule has 0 saturated heterocycles. The number of sulfone groups is 1. The first-order valence-electron chi connectivity index (χ1n) is 8.00. The molecule has 158 valence electrons. The van der Waals surface area contributed by atoms with Gasteiger partial charge in [0.1, 0.15) is 0 Å². The van der Waals surface area contributed by atoms with Crippen LogP contribution in [0.15, 0.2) is 69.3 Å². The lowest BCUT2D eigenvalue weighted by Crippen LogP contribution is -2.16. The van der Waals surface area contributed by atoms with Crippen molar-refractivity contribution in [1.82, 2.24) is 10.2 Å². The molecule has 0 unspecified atom stereocenters. The third-order valence-corrected chi connectivity index (χ3v) is 5.74. The quantitative estimate of drug-likeness (QED) is 0.606. The van der Waals surface area contributed by atoms with E-state index in [2.05, 4.69) is 5.10 Å². The molecule has 5 nitrogen and oxygen atoms in total. The number of H-pyrrole nitrogens is 1. The van der Waals surface area contributed by atoms with Crippen LogP contribution in [0.1, 0.15) is 11.1 Å². The summed E-state index contributed by atoms with van der Waals surface area (Å²) < 4.78 is 105. The molecular weight excluding hydrogens is 438 g/mol. The zero-order valence-corrected chi connectivity index (χ0v) is 15.4. The molecule has 0 aliphatic carbocycles. The lowest BCUT2D eigenvalue weighted by molar-refractivity contribution is -0.140. The van der Waals surface area contributed by atoms with E-state index in [0.29, 0.717) is 18.2 Å². The van der Waals surface area contributed by atoms with Gasteiger partial charge in [-0.25, -0.2) is 13.5 Å². The molecule has 1 heterocycles. The van der Waals surface area contributed by atoms with Crippen LogP contribution >= 0.6 is 0 Å². The summed E-state index contributed by atoms with van der Waals surface area (Å²) in [6, 6.07) is 7.20. The van der Waals surface area contributed by atoms with Crippen molar-refractivity contribution in [1.29, 1.82) is 0 Å². The minimum atomic E-state index is -5.14. The zero-order valence-electron chi connectivity index (χ0n) is 14.5. The Labute approximate surface area is 164 Å². The summed E-state index contributed by atoms with van der Waals surface area (Å²) in [7, 11) is -4.78. The average molecular weight is 448 g/mol. The Morgan fingerprint density at radius 1 is 0.800 bits per heavy atom. The van der Waals surface area contributed by atoms with E-state index >= 15 is 0 Å². The highest BCUT2D eigenvalue weighted by atomic mass is 32.2. The Morgan fingerprint density at radius 2 is 1.47 bits per heavy atom. The van der Waals surface area contributed by atoms with Gasteiger partial charge >= 0.3 is 12.4 Å². The van der Waals surface area contributed by atoms with Crippen LogP contribution < -0.4 is 5.56 Å². The topological polar surface area (TPSA) is 79.9 Å². The van der Waals surface area contributed by atoms with Crippen LogP contribution in [-0.4, -0.2) is 18.6 Å². The molecule has 2 aromatic carbocycles. The number of hydrogen-bond donors (Lipinski definition) is 1. The highest BCUT2D eigenvalue weighted by molar-refractivity contribution is 7.91. The Hall–Kier alpha value is -3.15. The first kappa shape index (κ1) is 21.6. The molecular formula is C18H10F6N2O3S. The summed E-state index contributed by atoms with van der Waals surface area (Å²) in [6.45, 7) is 0. The van der Waals surface area contributed by atoms with Crippen molar-refractivity contribution < 1.29 is 34.8 Å². The fourth-order valence-corrected chi connectivity index (χ4v) is 3.98. The van der Waals surface area contributed by atoms with Crippen LogP contribution in [0.2, 0.25) is 0 Å². The number of aromatic amines is 1. The average Bonchev–Trinajstić information content (AvgIpc) is 2.66. The fourth-order valence-electron chi connectivity index (χ4n) is 2.63. The van der Waals surface area contributed by atoms with E-state index in [1.807, 2.05) is 5.10 Å². The van der Waals surface area contributed by atoms with Gasteiger partial charge in [-0.05, 0) is 41.5 Å². The van der Waals surface area contributed by atoms with Crippen molar-refractivity contribution in [3.8, 4) is 11.1 Å². The molecule has 0 radical (unpaired) electrons. The van der Waals surface area contributed by atoms with Crippen LogP contribution in [-0.2, 0) is 22.2 Å². The minimum Gasteiger partial charge on any atom is -0.268 e. The second-order valence-electron chi connectivity index (χ2n) is 6.05. The first-order valence-corrected chi connectivity index (χ1v) is 9.48. The van der Waals surface area contributed by atoms with E-state index in [4.69, 9.17) is 0 Å². The molecule has 3 aromatic rings. The number of benzene rings is 2. The van der Waals surface area contributed by atoms with Gasteiger partial charge in [0.05, 0.1) is 16.0 Å². The number of nitrogens with one attached hydrogen (secondary N) is 1. The van der Waals surface area contributed by atoms with Crippen LogP contribution in [0.3, 0.4) is 0 Å². The fraction of sp³-hybridized carbons (Fsp3) is 0.111. The molecule has 12 heteroatoms. The number of nitrogens with zero attached hydrogens (tertiary/aromatic N) is 1. The van der Waals surface area contributed by atoms with Crippen molar-refractivity contribution in [3.63, 3.8) is 0 Å². The van der Waals surface area contributed by atoms with Crippen molar-refractivity contribution in [2.24, 2.45) is 0 Å². The molecule has 0 amide bonds. The summed E-state index contributed by atoms with van der Waals surface area (Å²) in [4.78, 5) is 9.89. The van der Waals surface area contributed by atoms with Gasteiger partial charge in [0, 0.05) is 6.07 Å². The predicted molar refractivity (Wildman–Crippen MR) is 92.2 cm³/mol. The van der Waals surface area contributed by atoms with E-state index in [0.717, 1.165) is 30.3 Å². The van der Waals surface area contributed by atoms with Crippen LogP contribution in [0.25, 0.3) is 11.1 Å². The third kappa shape index (κ3) is 4.22. The van der Waals surface area contributed by atoms with Gasteiger partial charge in [0.2, 0.25) is 9.84 Å². The van der Waals surface area contributed by atoms with E-state index < -0.39 is 48.8 Å². The summed E-state index contributed by atoms with van der Waals surface area (Å²) >= 11 is 0. The number of alkyl halides is 6. The number of hydrogen-bond acceptors (Lipinski definition) is 4. The molecule has 0 bridgehead atoms. The number of halogens is 6. The highest BCUT2D eigenvalue weighted by Gasteiger charge is 2.38. The van der Waals surface area contributed by atoms with Gasteiger partial charge in [0.25, 0.3) is 5.56 Å². The van der Waals surface area contributed by atoms with Gasteiger partial charge in [-0.15, -0.1) is 0 Å². The van der Waals surface area contributed by atoms with Crippen molar-refractivity contribution in [2.45, 2.75) is 22.3 Å². The smallest absolute Gasteiger partial charge is 0.268 e. The normalized spacial score (nSPS) is 12.7. The maximum Gasteiger partial charge on any atom is 0.417 e. The Bertz CT molecular complexity index is 1240. The molecule has 0 atom stereocenters. The lowest BCUT2D eigenvalue weighted by atomic mass is 10.0. The van der Waals surface area contributed by atoms with Crippen molar-refractivity contribution in [2.75, 3.05) is 0 Å². The molecule has 0 aliphatic heterocycles. The second-order valence-corrected chi connectivity index (χ2v) is 7.92. The monoisotopic (exact) mass is 448 g/mol. The number of rotatable bonds is 3. The van der Waals surface area contributed by atoms with Crippen molar-refractivity contribution >= 4 is 9.84 Å². The summed E-state index contributed by atoms with van der Waals surface area (Å²) in [5, 5.41) is 4.25. The predicted octanol–water partition coefficient (Wildman–Crippen LogP) is 4.31. The van der Waals surface area contributed by atoms with Gasteiger partial charge in [-0.2, -0.15) is 31.4 Å². The summed E-state index contributed by atoms with van der Waals surface area (Å²) in [5.74, 6) is 0. The molecule has 3 rings (SSSR count). The maximum absolute atomic E-state index is 13.6. The molecule has 30 heavy (non-hydrogen) atoms. The maximum atomic E-state index is 13.6.